The Hall–Kier alpha value is -2.48. The zero-order valence-electron chi connectivity index (χ0n) is 18.6. The number of aromatic nitrogens is 3. The molecule has 32 heavy (non-hydrogen) atoms. The van der Waals surface area contributed by atoms with E-state index in [1.807, 2.05) is 12.3 Å². The maximum absolute atomic E-state index is 5.57. The van der Waals surface area contributed by atoms with E-state index >= 15 is 0 Å². The van der Waals surface area contributed by atoms with Gasteiger partial charge in [-0.2, -0.15) is 0 Å². The Bertz CT molecular complexity index is 1040. The number of ether oxygens (including phenoxy) is 1. The van der Waals surface area contributed by atoms with Crippen LogP contribution < -0.4 is 4.90 Å². The minimum atomic E-state index is 0.325. The van der Waals surface area contributed by atoms with E-state index in [-0.39, 0.29) is 0 Å². The molecule has 6 rings (SSSR count). The highest BCUT2D eigenvalue weighted by atomic mass is 16.5. The average Bonchev–Trinajstić information content (AvgIpc) is 3.55. The second-order valence-electron chi connectivity index (χ2n) is 9.39. The summed E-state index contributed by atoms with van der Waals surface area (Å²) in [7, 11) is 0. The minimum absolute atomic E-state index is 0.325. The molecule has 1 atom stereocenters. The Balaban J connectivity index is 1.29. The Kier molecular flexibility index (Phi) is 5.55. The van der Waals surface area contributed by atoms with E-state index in [0.717, 1.165) is 69.7 Å². The zero-order chi connectivity index (χ0) is 21.3. The van der Waals surface area contributed by atoms with E-state index in [4.69, 9.17) is 9.72 Å². The van der Waals surface area contributed by atoms with E-state index in [9.17, 15) is 0 Å². The molecule has 2 aliphatic heterocycles. The number of imidazole rings is 1. The van der Waals surface area contributed by atoms with Gasteiger partial charge in [-0.1, -0.05) is 12.1 Å². The Morgan fingerprint density at radius 3 is 2.69 bits per heavy atom. The number of rotatable bonds is 6. The number of nitrogens with zero attached hydrogens (tertiary/aromatic N) is 6. The summed E-state index contributed by atoms with van der Waals surface area (Å²) < 4.78 is 7.85. The fourth-order valence-electron chi connectivity index (χ4n) is 5.10. The van der Waals surface area contributed by atoms with Gasteiger partial charge in [-0.15, -0.1) is 0 Å². The van der Waals surface area contributed by atoms with Gasteiger partial charge in [0.1, 0.15) is 11.5 Å². The molecular formula is C25H32N6O. The molecule has 0 amide bonds. The van der Waals surface area contributed by atoms with E-state index in [1.54, 1.807) is 0 Å². The number of hydrogen-bond acceptors (Lipinski definition) is 6. The predicted octanol–water partition coefficient (Wildman–Crippen LogP) is 2.83. The van der Waals surface area contributed by atoms with Crippen LogP contribution in [0.5, 0.6) is 0 Å². The van der Waals surface area contributed by atoms with Gasteiger partial charge in [-0.3, -0.25) is 19.2 Å². The Morgan fingerprint density at radius 2 is 1.88 bits per heavy atom. The summed E-state index contributed by atoms with van der Waals surface area (Å²) in [5.41, 5.74) is 3.38. The third kappa shape index (κ3) is 4.25. The molecule has 3 aliphatic rings. The van der Waals surface area contributed by atoms with Crippen LogP contribution in [-0.2, 0) is 11.3 Å². The van der Waals surface area contributed by atoms with Crippen LogP contribution in [0.1, 0.15) is 30.3 Å². The second kappa shape index (κ2) is 8.81. The first-order chi connectivity index (χ1) is 15.8. The molecule has 1 unspecified atom stereocenters. The number of pyridine rings is 2. The lowest BCUT2D eigenvalue weighted by molar-refractivity contribution is 0.0633. The van der Waals surface area contributed by atoms with Crippen molar-refractivity contribution >= 4 is 11.5 Å². The van der Waals surface area contributed by atoms with E-state index in [1.165, 1.54) is 30.9 Å². The van der Waals surface area contributed by atoms with Gasteiger partial charge < -0.3 is 9.64 Å². The van der Waals surface area contributed by atoms with E-state index in [0.29, 0.717) is 6.04 Å². The zero-order valence-corrected chi connectivity index (χ0v) is 18.6. The first kappa shape index (κ1) is 20.1. The van der Waals surface area contributed by atoms with Crippen LogP contribution in [-0.4, -0.2) is 76.7 Å². The molecule has 0 radical (unpaired) electrons. The molecule has 0 aromatic carbocycles. The molecule has 0 bridgehead atoms. The highest BCUT2D eigenvalue weighted by Crippen LogP contribution is 2.35. The fourth-order valence-corrected chi connectivity index (χ4v) is 5.10. The first-order valence-corrected chi connectivity index (χ1v) is 12.0. The molecule has 2 saturated heterocycles. The highest BCUT2D eigenvalue weighted by molar-refractivity contribution is 5.53. The van der Waals surface area contributed by atoms with Gasteiger partial charge in [0.15, 0.2) is 0 Å². The van der Waals surface area contributed by atoms with Gasteiger partial charge in [0.05, 0.1) is 30.6 Å². The normalized spacial score (nSPS) is 23.1. The maximum atomic E-state index is 5.57. The summed E-state index contributed by atoms with van der Waals surface area (Å²) in [5.74, 6) is 2.10. The molecule has 1 saturated carbocycles. The quantitative estimate of drug-likeness (QED) is 0.597. The van der Waals surface area contributed by atoms with Crippen molar-refractivity contribution in [3.05, 3.63) is 60.2 Å². The van der Waals surface area contributed by atoms with Gasteiger partial charge in [-0.25, -0.2) is 4.98 Å². The van der Waals surface area contributed by atoms with Crippen LogP contribution >= 0.6 is 0 Å². The molecule has 1 aliphatic carbocycles. The minimum Gasteiger partial charge on any atom is -0.378 e. The van der Waals surface area contributed by atoms with Gasteiger partial charge >= 0.3 is 0 Å². The summed E-state index contributed by atoms with van der Waals surface area (Å²) >= 11 is 0. The SMILES string of the molecule is c1ccc(CN2CCN(CC3CC3)C(c3cn4c(N5CCOCC5)cccc4n3)C2)nc1. The summed E-state index contributed by atoms with van der Waals surface area (Å²) in [6, 6.07) is 13.0. The van der Waals surface area contributed by atoms with Crippen molar-refractivity contribution in [1.29, 1.82) is 0 Å². The largest absolute Gasteiger partial charge is 0.378 e. The number of piperazine rings is 1. The molecule has 3 aromatic heterocycles. The van der Waals surface area contributed by atoms with Crippen molar-refractivity contribution in [1.82, 2.24) is 24.2 Å². The maximum Gasteiger partial charge on any atom is 0.138 e. The van der Waals surface area contributed by atoms with Crippen LogP contribution in [0.3, 0.4) is 0 Å². The van der Waals surface area contributed by atoms with Crippen LogP contribution in [0.25, 0.3) is 5.65 Å². The number of anilines is 1. The standard InChI is InChI=1S/C25H32N6O/c1-2-9-26-21(4-1)17-28-10-11-30(16-20-7-8-20)23(19-28)22-18-31-24(27-22)5-3-6-25(31)29-12-14-32-15-13-29/h1-6,9,18,20,23H,7-8,10-17,19H2. The second-order valence-corrected chi connectivity index (χ2v) is 9.39. The molecule has 168 valence electrons. The van der Waals surface area contributed by atoms with Crippen molar-refractivity contribution < 1.29 is 4.74 Å². The van der Waals surface area contributed by atoms with Crippen LogP contribution in [0, 0.1) is 5.92 Å². The Labute approximate surface area is 189 Å². The summed E-state index contributed by atoms with van der Waals surface area (Å²) in [6.45, 7) is 8.73. The van der Waals surface area contributed by atoms with Gasteiger partial charge in [-0.05, 0) is 43.0 Å². The monoisotopic (exact) mass is 432 g/mol. The van der Waals surface area contributed by atoms with Gasteiger partial charge in [0.25, 0.3) is 0 Å². The van der Waals surface area contributed by atoms with Crippen molar-refractivity contribution in [2.75, 3.05) is 57.4 Å². The average molecular weight is 433 g/mol. The first-order valence-electron chi connectivity index (χ1n) is 12.0. The van der Waals surface area contributed by atoms with Crippen molar-refractivity contribution in [2.24, 2.45) is 5.92 Å². The molecule has 0 N–H and O–H groups in total. The molecule has 3 aromatic rings. The smallest absolute Gasteiger partial charge is 0.138 e. The lowest BCUT2D eigenvalue weighted by atomic mass is 10.1. The van der Waals surface area contributed by atoms with Crippen molar-refractivity contribution in [2.45, 2.75) is 25.4 Å². The van der Waals surface area contributed by atoms with E-state index in [2.05, 4.69) is 60.6 Å². The molecule has 7 heteroatoms. The van der Waals surface area contributed by atoms with Crippen LogP contribution in [0.2, 0.25) is 0 Å². The predicted molar refractivity (Wildman–Crippen MR) is 125 cm³/mol. The van der Waals surface area contributed by atoms with Crippen LogP contribution in [0.4, 0.5) is 5.82 Å². The Morgan fingerprint density at radius 1 is 0.969 bits per heavy atom. The molecular weight excluding hydrogens is 400 g/mol. The molecule has 7 nitrogen and oxygen atoms in total. The molecule has 0 spiro atoms. The molecule has 3 fully saturated rings. The van der Waals surface area contributed by atoms with Crippen LogP contribution in [0.15, 0.2) is 48.8 Å². The van der Waals surface area contributed by atoms with Gasteiger partial charge in [0, 0.05) is 58.2 Å². The fraction of sp³-hybridized carbons (Fsp3) is 0.520. The number of morpholine rings is 1. The number of hydrogen-bond donors (Lipinski definition) is 0. The summed E-state index contributed by atoms with van der Waals surface area (Å²) in [5, 5.41) is 0. The highest BCUT2D eigenvalue weighted by Gasteiger charge is 2.34. The van der Waals surface area contributed by atoms with Crippen molar-refractivity contribution in [3.8, 4) is 0 Å². The molecule has 5 heterocycles. The van der Waals surface area contributed by atoms with Crippen molar-refractivity contribution in [3.63, 3.8) is 0 Å². The van der Waals surface area contributed by atoms with E-state index < -0.39 is 0 Å². The third-order valence-electron chi connectivity index (χ3n) is 7.04. The number of fused-ring (bicyclic) bond motifs is 1. The lowest BCUT2D eigenvalue weighted by Crippen LogP contribution is -2.48. The third-order valence-corrected chi connectivity index (χ3v) is 7.04. The lowest BCUT2D eigenvalue weighted by Gasteiger charge is -2.40. The summed E-state index contributed by atoms with van der Waals surface area (Å²) in [4.78, 5) is 17.3. The summed E-state index contributed by atoms with van der Waals surface area (Å²) in [6.07, 6.45) is 6.95. The topological polar surface area (TPSA) is 49.1 Å². The van der Waals surface area contributed by atoms with Gasteiger partial charge in [0.2, 0.25) is 0 Å².